The third-order valence-electron chi connectivity index (χ3n) is 2.97. The molecule has 3 N–H and O–H groups in total. The van der Waals surface area contributed by atoms with E-state index in [2.05, 4.69) is 31.3 Å². The van der Waals surface area contributed by atoms with E-state index in [0.29, 0.717) is 13.0 Å². The standard InChI is InChI=1S/C15H24N2O.ClH/c1-15(2,17-14(18)9-6-12-16)11-10-13-7-4-3-5-8-13;/h3-5,7-8H,6,9-12,16H2,1-2H3,(H,17,18);1H. The van der Waals surface area contributed by atoms with E-state index < -0.39 is 0 Å². The van der Waals surface area contributed by atoms with Crippen LogP contribution >= 0.6 is 12.4 Å². The molecule has 0 heterocycles. The van der Waals surface area contributed by atoms with Crippen molar-refractivity contribution in [2.24, 2.45) is 5.73 Å². The summed E-state index contributed by atoms with van der Waals surface area (Å²) in [4.78, 5) is 11.7. The molecule has 0 aliphatic heterocycles. The largest absolute Gasteiger partial charge is 0.351 e. The average molecular weight is 285 g/mol. The lowest BCUT2D eigenvalue weighted by Crippen LogP contribution is -2.43. The van der Waals surface area contributed by atoms with Crippen LogP contribution in [-0.4, -0.2) is 18.0 Å². The second kappa shape index (κ2) is 8.94. The maximum atomic E-state index is 11.7. The van der Waals surface area contributed by atoms with Crippen LogP contribution in [0.15, 0.2) is 30.3 Å². The molecule has 0 atom stereocenters. The van der Waals surface area contributed by atoms with E-state index in [1.54, 1.807) is 0 Å². The summed E-state index contributed by atoms with van der Waals surface area (Å²) in [6, 6.07) is 10.3. The molecule has 0 saturated carbocycles. The second-order valence-electron chi connectivity index (χ2n) is 5.31. The van der Waals surface area contributed by atoms with Gasteiger partial charge in [0.15, 0.2) is 0 Å². The Morgan fingerprint density at radius 3 is 2.47 bits per heavy atom. The van der Waals surface area contributed by atoms with E-state index in [4.69, 9.17) is 5.73 Å². The molecule has 0 saturated heterocycles. The molecular formula is C15H25ClN2O. The van der Waals surface area contributed by atoms with Crippen LogP contribution in [0.2, 0.25) is 0 Å². The summed E-state index contributed by atoms with van der Waals surface area (Å²) in [5.41, 5.74) is 6.54. The number of hydrogen-bond donors (Lipinski definition) is 2. The van der Waals surface area contributed by atoms with Gasteiger partial charge >= 0.3 is 0 Å². The van der Waals surface area contributed by atoms with Gasteiger partial charge in [0.05, 0.1) is 0 Å². The van der Waals surface area contributed by atoms with Gasteiger partial charge in [0.25, 0.3) is 0 Å². The minimum atomic E-state index is -0.165. The topological polar surface area (TPSA) is 55.1 Å². The molecular weight excluding hydrogens is 260 g/mol. The number of aryl methyl sites for hydroxylation is 1. The molecule has 0 spiro atoms. The van der Waals surface area contributed by atoms with Crippen LogP contribution in [0.4, 0.5) is 0 Å². The minimum Gasteiger partial charge on any atom is -0.351 e. The number of halogens is 1. The first-order valence-electron chi connectivity index (χ1n) is 6.58. The Balaban J connectivity index is 0.00000324. The molecule has 1 aromatic rings. The number of carbonyl (C=O) groups is 1. The van der Waals surface area contributed by atoms with E-state index in [-0.39, 0.29) is 23.9 Å². The normalized spacial score (nSPS) is 10.7. The number of hydrogen-bond acceptors (Lipinski definition) is 2. The van der Waals surface area contributed by atoms with Crippen molar-refractivity contribution in [3.8, 4) is 0 Å². The Hall–Kier alpha value is -1.06. The van der Waals surface area contributed by atoms with Crippen molar-refractivity contribution in [3.63, 3.8) is 0 Å². The van der Waals surface area contributed by atoms with Crippen LogP contribution in [0.3, 0.4) is 0 Å². The van der Waals surface area contributed by atoms with Gasteiger partial charge in [0.2, 0.25) is 5.91 Å². The molecule has 1 amide bonds. The predicted molar refractivity (Wildman–Crippen MR) is 82.5 cm³/mol. The Morgan fingerprint density at radius 1 is 1.26 bits per heavy atom. The monoisotopic (exact) mass is 284 g/mol. The highest BCUT2D eigenvalue weighted by Crippen LogP contribution is 2.13. The predicted octanol–water partition coefficient (Wildman–Crippen LogP) is 2.67. The third-order valence-corrected chi connectivity index (χ3v) is 2.97. The Labute approximate surface area is 122 Å². The zero-order valence-electron chi connectivity index (χ0n) is 11.8. The van der Waals surface area contributed by atoms with Gasteiger partial charge in [-0.25, -0.2) is 0 Å². The smallest absolute Gasteiger partial charge is 0.220 e. The zero-order valence-corrected chi connectivity index (χ0v) is 12.6. The van der Waals surface area contributed by atoms with Crippen molar-refractivity contribution in [2.45, 2.75) is 45.1 Å². The van der Waals surface area contributed by atoms with Crippen molar-refractivity contribution in [2.75, 3.05) is 6.54 Å². The number of benzene rings is 1. The fraction of sp³-hybridized carbons (Fsp3) is 0.533. The molecule has 0 unspecified atom stereocenters. The zero-order chi connectivity index (χ0) is 13.4. The molecule has 108 valence electrons. The average Bonchev–Trinajstić information content (AvgIpc) is 2.35. The summed E-state index contributed by atoms with van der Waals surface area (Å²) in [5.74, 6) is 0.0958. The SMILES string of the molecule is CC(C)(CCc1ccccc1)NC(=O)CCCN.Cl. The molecule has 19 heavy (non-hydrogen) atoms. The number of amides is 1. The van der Waals surface area contributed by atoms with E-state index in [0.717, 1.165) is 19.3 Å². The summed E-state index contributed by atoms with van der Waals surface area (Å²) in [6.45, 7) is 4.70. The van der Waals surface area contributed by atoms with Crippen LogP contribution in [0.5, 0.6) is 0 Å². The van der Waals surface area contributed by atoms with Crippen molar-refractivity contribution in [1.82, 2.24) is 5.32 Å². The lowest BCUT2D eigenvalue weighted by atomic mass is 9.95. The van der Waals surface area contributed by atoms with Gasteiger partial charge in [-0.3, -0.25) is 4.79 Å². The third kappa shape index (κ3) is 7.85. The molecule has 0 aliphatic rings. The lowest BCUT2D eigenvalue weighted by molar-refractivity contribution is -0.122. The van der Waals surface area contributed by atoms with Gasteiger partial charge in [-0.15, -0.1) is 12.4 Å². The molecule has 0 aliphatic carbocycles. The van der Waals surface area contributed by atoms with E-state index >= 15 is 0 Å². The van der Waals surface area contributed by atoms with Gasteiger partial charge in [0.1, 0.15) is 0 Å². The summed E-state index contributed by atoms with van der Waals surface area (Å²) in [7, 11) is 0. The summed E-state index contributed by atoms with van der Waals surface area (Å²) >= 11 is 0. The van der Waals surface area contributed by atoms with Crippen LogP contribution in [0.1, 0.15) is 38.7 Å². The lowest BCUT2D eigenvalue weighted by Gasteiger charge is -2.26. The first-order valence-corrected chi connectivity index (χ1v) is 6.58. The van der Waals surface area contributed by atoms with Crippen molar-refractivity contribution >= 4 is 18.3 Å². The van der Waals surface area contributed by atoms with E-state index in [9.17, 15) is 4.79 Å². The van der Waals surface area contributed by atoms with E-state index in [1.165, 1.54) is 5.56 Å². The van der Waals surface area contributed by atoms with Gasteiger partial charge in [-0.05, 0) is 45.2 Å². The molecule has 0 aromatic heterocycles. The maximum absolute atomic E-state index is 11.7. The fourth-order valence-corrected chi connectivity index (χ4v) is 1.87. The highest BCUT2D eigenvalue weighted by Gasteiger charge is 2.19. The van der Waals surface area contributed by atoms with Crippen LogP contribution in [0, 0.1) is 0 Å². The molecule has 3 nitrogen and oxygen atoms in total. The van der Waals surface area contributed by atoms with Gasteiger partial charge < -0.3 is 11.1 Å². The first-order chi connectivity index (χ1) is 8.53. The van der Waals surface area contributed by atoms with Crippen LogP contribution in [0.25, 0.3) is 0 Å². The van der Waals surface area contributed by atoms with Crippen LogP contribution < -0.4 is 11.1 Å². The van der Waals surface area contributed by atoms with Gasteiger partial charge in [0, 0.05) is 12.0 Å². The Kier molecular flexibility index (Phi) is 8.44. The van der Waals surface area contributed by atoms with Gasteiger partial charge in [-0.1, -0.05) is 30.3 Å². The van der Waals surface area contributed by atoms with Crippen LogP contribution in [-0.2, 0) is 11.2 Å². The highest BCUT2D eigenvalue weighted by molar-refractivity contribution is 5.85. The quantitative estimate of drug-likeness (QED) is 0.809. The number of nitrogens with two attached hydrogens (primary N) is 1. The molecule has 1 aromatic carbocycles. The van der Waals surface area contributed by atoms with E-state index in [1.807, 2.05) is 18.2 Å². The van der Waals surface area contributed by atoms with Gasteiger partial charge in [-0.2, -0.15) is 0 Å². The highest BCUT2D eigenvalue weighted by atomic mass is 35.5. The molecule has 1 rings (SSSR count). The summed E-state index contributed by atoms with van der Waals surface area (Å²) in [6.07, 6.45) is 3.18. The fourth-order valence-electron chi connectivity index (χ4n) is 1.87. The summed E-state index contributed by atoms with van der Waals surface area (Å²) in [5, 5.41) is 3.07. The molecule has 4 heteroatoms. The minimum absolute atomic E-state index is 0. The molecule has 0 radical (unpaired) electrons. The van der Waals surface area contributed by atoms with Crippen molar-refractivity contribution < 1.29 is 4.79 Å². The second-order valence-corrected chi connectivity index (χ2v) is 5.31. The first kappa shape index (κ1) is 17.9. The Morgan fingerprint density at radius 2 is 1.89 bits per heavy atom. The van der Waals surface area contributed by atoms with Crippen molar-refractivity contribution in [3.05, 3.63) is 35.9 Å². The molecule has 0 fully saturated rings. The van der Waals surface area contributed by atoms with Crippen molar-refractivity contribution in [1.29, 1.82) is 0 Å². The number of rotatable bonds is 7. The molecule has 0 bridgehead atoms. The maximum Gasteiger partial charge on any atom is 0.220 e. The Bertz CT molecular complexity index is 366. The number of nitrogens with one attached hydrogen (secondary N) is 1. The number of carbonyl (C=O) groups excluding carboxylic acids is 1. The summed E-state index contributed by atoms with van der Waals surface area (Å²) < 4.78 is 0.